The summed E-state index contributed by atoms with van der Waals surface area (Å²) in [5.74, 6) is 0.118. The minimum Gasteiger partial charge on any atom is -0.503 e. The van der Waals surface area contributed by atoms with Gasteiger partial charge < -0.3 is 28.8 Å². The lowest BCUT2D eigenvalue weighted by molar-refractivity contribution is -0.129. The molecule has 1 aliphatic rings. The van der Waals surface area contributed by atoms with Gasteiger partial charge in [0.05, 0.1) is 24.8 Å². The molecule has 2 heterocycles. The van der Waals surface area contributed by atoms with E-state index in [1.807, 2.05) is 32.8 Å². The van der Waals surface area contributed by atoms with E-state index in [-0.39, 0.29) is 11.3 Å². The molecule has 0 unspecified atom stereocenters. The Morgan fingerprint density at radius 2 is 1.82 bits per heavy atom. The van der Waals surface area contributed by atoms with Crippen molar-refractivity contribution in [2.24, 2.45) is 0 Å². The van der Waals surface area contributed by atoms with E-state index in [0.29, 0.717) is 49.0 Å². The number of rotatable bonds is 11. The molecule has 1 aromatic heterocycles. The Balaban J connectivity index is 2.06. The molecule has 0 saturated carbocycles. The molecule has 0 aliphatic carbocycles. The predicted molar refractivity (Wildman–Crippen MR) is 124 cm³/mol. The summed E-state index contributed by atoms with van der Waals surface area (Å²) in [5, 5.41) is 10.8. The summed E-state index contributed by atoms with van der Waals surface area (Å²) in [6, 6.07) is 7.79. The van der Waals surface area contributed by atoms with Crippen molar-refractivity contribution < 1.29 is 28.6 Å². The van der Waals surface area contributed by atoms with Crippen molar-refractivity contribution in [3.05, 3.63) is 58.7 Å². The first-order valence-electron chi connectivity index (χ1n) is 11.2. The van der Waals surface area contributed by atoms with Crippen molar-refractivity contribution in [2.45, 2.75) is 33.2 Å². The third kappa shape index (κ3) is 5.22. The summed E-state index contributed by atoms with van der Waals surface area (Å²) in [4.78, 5) is 30.0. The number of aliphatic hydroxyl groups is 1. The highest BCUT2D eigenvalue weighted by Crippen LogP contribution is 2.42. The van der Waals surface area contributed by atoms with Crippen LogP contribution in [-0.2, 0) is 4.79 Å². The Labute approximate surface area is 194 Å². The number of ketones is 1. The van der Waals surface area contributed by atoms with E-state index in [0.717, 1.165) is 6.54 Å². The van der Waals surface area contributed by atoms with Gasteiger partial charge in [0.1, 0.15) is 5.76 Å². The smallest absolute Gasteiger partial charge is 0.290 e. The van der Waals surface area contributed by atoms with Crippen molar-refractivity contribution in [1.29, 1.82) is 0 Å². The van der Waals surface area contributed by atoms with Crippen LogP contribution in [0, 0.1) is 6.92 Å². The van der Waals surface area contributed by atoms with E-state index < -0.39 is 23.5 Å². The fourth-order valence-corrected chi connectivity index (χ4v) is 3.95. The second-order valence-corrected chi connectivity index (χ2v) is 8.13. The number of carbonyl (C=O) groups excluding carboxylic acids is 2. The summed E-state index contributed by atoms with van der Waals surface area (Å²) >= 11 is 0. The van der Waals surface area contributed by atoms with Gasteiger partial charge in [0.25, 0.3) is 5.91 Å². The minimum absolute atomic E-state index is 0.00538. The lowest BCUT2D eigenvalue weighted by Crippen LogP contribution is -2.33. The first-order valence-corrected chi connectivity index (χ1v) is 11.2. The molecule has 3 rings (SSSR count). The standard InChI is InChI=1S/C25H32N2O6/c1-6-31-18-12-10-17(15-20(18)32-7-2)22-21(23(28)19-11-9-16(3)33-19)24(29)25(30)27(22)14-8-13-26(4)5/h9-12,15,22,29H,6-8,13-14H2,1-5H3/t22-/m0/s1. The van der Waals surface area contributed by atoms with Crippen molar-refractivity contribution in [3.8, 4) is 11.5 Å². The van der Waals surface area contributed by atoms with Crippen LogP contribution in [0.15, 0.2) is 46.1 Å². The van der Waals surface area contributed by atoms with E-state index in [4.69, 9.17) is 13.9 Å². The zero-order chi connectivity index (χ0) is 24.1. The van der Waals surface area contributed by atoms with Gasteiger partial charge in [-0.25, -0.2) is 0 Å². The molecular weight excluding hydrogens is 424 g/mol. The molecule has 0 bridgehead atoms. The number of furan rings is 1. The Morgan fingerprint density at radius 3 is 2.42 bits per heavy atom. The summed E-state index contributed by atoms with van der Waals surface area (Å²) in [6.45, 7) is 7.51. The van der Waals surface area contributed by atoms with Gasteiger partial charge in [-0.2, -0.15) is 0 Å². The molecule has 33 heavy (non-hydrogen) atoms. The van der Waals surface area contributed by atoms with Gasteiger partial charge >= 0.3 is 0 Å². The molecular formula is C25H32N2O6. The number of carbonyl (C=O) groups is 2. The molecule has 0 spiro atoms. The maximum Gasteiger partial charge on any atom is 0.290 e. The lowest BCUT2D eigenvalue weighted by Gasteiger charge is -2.27. The highest BCUT2D eigenvalue weighted by atomic mass is 16.5. The topological polar surface area (TPSA) is 92.5 Å². The molecule has 1 amide bonds. The van der Waals surface area contributed by atoms with E-state index in [2.05, 4.69) is 0 Å². The molecule has 8 heteroatoms. The number of aryl methyl sites for hydroxylation is 1. The van der Waals surface area contributed by atoms with Crippen molar-refractivity contribution in [3.63, 3.8) is 0 Å². The maximum absolute atomic E-state index is 13.4. The summed E-state index contributed by atoms with van der Waals surface area (Å²) < 4.78 is 16.9. The molecule has 1 atom stereocenters. The fourth-order valence-electron chi connectivity index (χ4n) is 3.95. The Bertz CT molecular complexity index is 1040. The van der Waals surface area contributed by atoms with Gasteiger partial charge in [-0.3, -0.25) is 9.59 Å². The number of Topliss-reactive ketones (excluding diaryl/α,β-unsaturated/α-hetero) is 1. The fraction of sp³-hybridized carbons (Fsp3) is 0.440. The second kappa shape index (κ2) is 10.6. The number of nitrogens with zero attached hydrogens (tertiary/aromatic N) is 2. The van der Waals surface area contributed by atoms with Crippen molar-refractivity contribution in [2.75, 3.05) is 40.4 Å². The number of aliphatic hydroxyl groups excluding tert-OH is 1. The molecule has 0 saturated heterocycles. The molecule has 8 nitrogen and oxygen atoms in total. The Hall–Kier alpha value is -3.26. The summed E-state index contributed by atoms with van der Waals surface area (Å²) in [7, 11) is 3.90. The van der Waals surface area contributed by atoms with E-state index in [9.17, 15) is 14.7 Å². The zero-order valence-electron chi connectivity index (χ0n) is 19.9. The predicted octanol–water partition coefficient (Wildman–Crippen LogP) is 3.92. The average molecular weight is 457 g/mol. The van der Waals surface area contributed by atoms with Crippen LogP contribution in [0.25, 0.3) is 0 Å². The monoisotopic (exact) mass is 456 g/mol. The van der Waals surface area contributed by atoms with Crippen LogP contribution in [0.5, 0.6) is 11.5 Å². The van der Waals surface area contributed by atoms with Crippen molar-refractivity contribution >= 4 is 11.7 Å². The third-order valence-electron chi connectivity index (χ3n) is 5.40. The van der Waals surface area contributed by atoms with Crippen molar-refractivity contribution in [1.82, 2.24) is 9.80 Å². The zero-order valence-corrected chi connectivity index (χ0v) is 19.9. The van der Waals surface area contributed by atoms with Gasteiger partial charge in [0.2, 0.25) is 5.78 Å². The van der Waals surface area contributed by atoms with Gasteiger partial charge in [0, 0.05) is 6.54 Å². The highest BCUT2D eigenvalue weighted by molar-refractivity contribution is 6.15. The Morgan fingerprint density at radius 1 is 1.12 bits per heavy atom. The van der Waals surface area contributed by atoms with Gasteiger partial charge in [-0.15, -0.1) is 0 Å². The van der Waals surface area contributed by atoms with Crippen LogP contribution >= 0.6 is 0 Å². The number of ether oxygens (including phenoxy) is 2. The minimum atomic E-state index is -0.771. The SMILES string of the molecule is CCOc1ccc([C@H]2C(C(=O)c3ccc(C)o3)=C(O)C(=O)N2CCCN(C)C)cc1OCC. The van der Waals surface area contributed by atoms with E-state index in [1.165, 1.54) is 4.90 Å². The molecule has 2 aromatic rings. The first kappa shape index (κ1) is 24.4. The largest absolute Gasteiger partial charge is 0.503 e. The number of hydrogen-bond donors (Lipinski definition) is 1. The van der Waals surface area contributed by atoms with Crippen LogP contribution in [0.4, 0.5) is 0 Å². The maximum atomic E-state index is 13.4. The quantitative estimate of drug-likeness (QED) is 0.513. The summed E-state index contributed by atoms with van der Waals surface area (Å²) in [6.07, 6.45) is 0.680. The van der Waals surface area contributed by atoms with Crippen LogP contribution < -0.4 is 9.47 Å². The number of hydrogen-bond acceptors (Lipinski definition) is 7. The van der Waals surface area contributed by atoms with Gasteiger partial charge in [0.15, 0.2) is 23.0 Å². The first-order chi connectivity index (χ1) is 15.8. The highest BCUT2D eigenvalue weighted by Gasteiger charge is 2.44. The third-order valence-corrected chi connectivity index (χ3v) is 5.40. The van der Waals surface area contributed by atoms with E-state index >= 15 is 0 Å². The molecule has 0 fully saturated rings. The second-order valence-electron chi connectivity index (χ2n) is 8.13. The van der Waals surface area contributed by atoms with Crippen LogP contribution in [-0.4, -0.2) is 67.0 Å². The molecule has 178 valence electrons. The van der Waals surface area contributed by atoms with Gasteiger partial charge in [-0.1, -0.05) is 6.07 Å². The van der Waals surface area contributed by atoms with Crippen LogP contribution in [0.3, 0.4) is 0 Å². The van der Waals surface area contributed by atoms with Crippen LogP contribution in [0.2, 0.25) is 0 Å². The number of amides is 1. The van der Waals surface area contributed by atoms with Crippen LogP contribution in [0.1, 0.15) is 48.2 Å². The van der Waals surface area contributed by atoms with E-state index in [1.54, 1.807) is 37.3 Å². The molecule has 1 N–H and O–H groups in total. The normalized spacial score (nSPS) is 16.1. The molecule has 0 radical (unpaired) electrons. The number of benzene rings is 1. The van der Waals surface area contributed by atoms with Gasteiger partial charge in [-0.05, 0) is 77.7 Å². The summed E-state index contributed by atoms with van der Waals surface area (Å²) in [5.41, 5.74) is 0.654. The average Bonchev–Trinajstić information content (AvgIpc) is 3.31. The lowest BCUT2D eigenvalue weighted by atomic mass is 9.94. The molecule has 1 aromatic carbocycles. The Kier molecular flexibility index (Phi) is 7.81. The molecule has 1 aliphatic heterocycles.